The van der Waals surface area contributed by atoms with Crippen LogP contribution >= 0.6 is 15.9 Å². The lowest BCUT2D eigenvalue weighted by atomic mass is 10.1. The normalized spacial score (nSPS) is 12.3. The minimum absolute atomic E-state index is 0.450. The minimum Gasteiger partial charge on any atom is -0.389 e. The highest BCUT2D eigenvalue weighted by Gasteiger charge is 2.11. The molecule has 1 unspecified atom stereocenters. The molecule has 0 amide bonds. The lowest BCUT2D eigenvalue weighted by molar-refractivity contribution is 0.199. The van der Waals surface area contributed by atoms with Crippen LogP contribution in [0, 0.1) is 6.92 Å². The molecule has 2 rings (SSSR count). The third kappa shape index (κ3) is 2.99. The Balaban J connectivity index is 2.40. The van der Waals surface area contributed by atoms with Gasteiger partial charge in [-0.15, -0.1) is 0 Å². The van der Waals surface area contributed by atoms with Crippen molar-refractivity contribution in [2.24, 2.45) is 0 Å². The van der Waals surface area contributed by atoms with E-state index in [1.54, 1.807) is 6.92 Å². The Morgan fingerprint density at radius 3 is 2.37 bits per heavy atom. The van der Waals surface area contributed by atoms with Gasteiger partial charge in [0.1, 0.15) is 0 Å². The Kier molecular flexibility index (Phi) is 4.27. The van der Waals surface area contributed by atoms with Crippen LogP contribution in [0.3, 0.4) is 0 Å². The third-order valence-corrected chi connectivity index (χ3v) is 3.93. The number of nitrogens with zero attached hydrogens (tertiary/aromatic N) is 1. The molecule has 0 bridgehead atoms. The molecule has 2 aromatic rings. The molecule has 0 heterocycles. The smallest absolute Gasteiger partial charge is 0.0762 e. The standard InChI is InChI=1S/C16H18BrNO/c1-11-6-4-5-7-15(11)18(3)16-9-8-13(12(2)19)10-14(16)17/h4-10,12,19H,1-3H3. The Morgan fingerprint density at radius 2 is 1.79 bits per heavy atom. The van der Waals surface area contributed by atoms with Gasteiger partial charge in [-0.05, 0) is 59.1 Å². The van der Waals surface area contributed by atoms with Gasteiger partial charge in [-0.3, -0.25) is 0 Å². The van der Waals surface area contributed by atoms with Crippen molar-refractivity contribution in [1.82, 2.24) is 0 Å². The Bertz CT molecular complexity index is 581. The van der Waals surface area contributed by atoms with Crippen LogP contribution < -0.4 is 4.90 Å². The Labute approximate surface area is 122 Å². The SMILES string of the molecule is Cc1ccccc1N(C)c1ccc(C(C)O)cc1Br. The predicted octanol–water partition coefficient (Wildman–Crippen LogP) is 4.58. The number of para-hydroxylation sites is 1. The van der Waals surface area contributed by atoms with E-state index in [9.17, 15) is 5.11 Å². The molecule has 0 radical (unpaired) electrons. The van der Waals surface area contributed by atoms with Gasteiger partial charge in [0.25, 0.3) is 0 Å². The summed E-state index contributed by atoms with van der Waals surface area (Å²) < 4.78 is 0.983. The van der Waals surface area contributed by atoms with Crippen molar-refractivity contribution in [3.8, 4) is 0 Å². The first kappa shape index (κ1) is 14.1. The number of hydrogen-bond donors (Lipinski definition) is 1. The fourth-order valence-electron chi connectivity index (χ4n) is 2.12. The molecule has 0 aliphatic heterocycles. The van der Waals surface area contributed by atoms with Crippen molar-refractivity contribution >= 4 is 27.3 Å². The summed E-state index contributed by atoms with van der Waals surface area (Å²) in [5.74, 6) is 0. The maximum absolute atomic E-state index is 9.60. The highest BCUT2D eigenvalue weighted by Crippen LogP contribution is 2.34. The van der Waals surface area contributed by atoms with Crippen LogP contribution in [0.25, 0.3) is 0 Å². The monoisotopic (exact) mass is 319 g/mol. The molecule has 0 aliphatic carbocycles. The second-order valence-corrected chi connectivity index (χ2v) is 5.59. The lowest BCUT2D eigenvalue weighted by Gasteiger charge is -2.23. The van der Waals surface area contributed by atoms with Crippen LogP contribution in [0.15, 0.2) is 46.9 Å². The van der Waals surface area contributed by atoms with Gasteiger partial charge >= 0.3 is 0 Å². The number of anilines is 2. The van der Waals surface area contributed by atoms with Crippen molar-refractivity contribution in [1.29, 1.82) is 0 Å². The second-order valence-electron chi connectivity index (χ2n) is 4.73. The summed E-state index contributed by atoms with van der Waals surface area (Å²) in [4.78, 5) is 2.14. The summed E-state index contributed by atoms with van der Waals surface area (Å²) in [6.07, 6.45) is -0.450. The van der Waals surface area contributed by atoms with E-state index in [0.29, 0.717) is 0 Å². The molecule has 0 saturated heterocycles. The molecular formula is C16H18BrNO. The number of halogens is 1. The molecule has 2 aromatic carbocycles. The zero-order valence-corrected chi connectivity index (χ0v) is 13.0. The van der Waals surface area contributed by atoms with E-state index < -0.39 is 6.10 Å². The number of aliphatic hydroxyl groups excluding tert-OH is 1. The van der Waals surface area contributed by atoms with Crippen LogP contribution in [0.4, 0.5) is 11.4 Å². The third-order valence-electron chi connectivity index (χ3n) is 3.29. The average molecular weight is 320 g/mol. The van der Waals surface area contributed by atoms with E-state index in [2.05, 4.69) is 39.9 Å². The van der Waals surface area contributed by atoms with Gasteiger partial charge in [-0.1, -0.05) is 24.3 Å². The number of aliphatic hydroxyl groups is 1. The first-order valence-electron chi connectivity index (χ1n) is 6.27. The summed E-state index contributed by atoms with van der Waals surface area (Å²) >= 11 is 3.59. The Morgan fingerprint density at radius 1 is 1.11 bits per heavy atom. The summed E-state index contributed by atoms with van der Waals surface area (Å²) in [6.45, 7) is 3.87. The van der Waals surface area contributed by atoms with E-state index in [4.69, 9.17) is 0 Å². The van der Waals surface area contributed by atoms with Crippen molar-refractivity contribution < 1.29 is 5.11 Å². The minimum atomic E-state index is -0.450. The van der Waals surface area contributed by atoms with Gasteiger partial charge in [-0.25, -0.2) is 0 Å². The molecule has 1 N–H and O–H groups in total. The molecule has 0 aliphatic rings. The van der Waals surface area contributed by atoms with Crippen LogP contribution in [0.5, 0.6) is 0 Å². The molecule has 2 nitrogen and oxygen atoms in total. The molecular weight excluding hydrogens is 302 g/mol. The van der Waals surface area contributed by atoms with Crippen LogP contribution in [0.1, 0.15) is 24.2 Å². The van der Waals surface area contributed by atoms with E-state index in [-0.39, 0.29) is 0 Å². The van der Waals surface area contributed by atoms with Gasteiger partial charge < -0.3 is 10.0 Å². The van der Waals surface area contributed by atoms with Gasteiger partial charge in [0, 0.05) is 17.2 Å². The van der Waals surface area contributed by atoms with Gasteiger partial charge in [0.15, 0.2) is 0 Å². The lowest BCUT2D eigenvalue weighted by Crippen LogP contribution is -2.11. The highest BCUT2D eigenvalue weighted by atomic mass is 79.9. The number of hydrogen-bond acceptors (Lipinski definition) is 2. The molecule has 0 fully saturated rings. The zero-order valence-electron chi connectivity index (χ0n) is 11.4. The zero-order chi connectivity index (χ0) is 14.0. The topological polar surface area (TPSA) is 23.5 Å². The maximum atomic E-state index is 9.60. The number of aryl methyl sites for hydroxylation is 1. The van der Waals surface area contributed by atoms with E-state index in [1.807, 2.05) is 37.4 Å². The van der Waals surface area contributed by atoms with Crippen LogP contribution in [-0.4, -0.2) is 12.2 Å². The first-order valence-corrected chi connectivity index (χ1v) is 7.07. The fraction of sp³-hybridized carbons (Fsp3) is 0.250. The van der Waals surface area contributed by atoms with Crippen molar-refractivity contribution in [2.75, 3.05) is 11.9 Å². The molecule has 3 heteroatoms. The molecule has 19 heavy (non-hydrogen) atoms. The number of rotatable bonds is 3. The molecule has 0 saturated carbocycles. The van der Waals surface area contributed by atoms with E-state index in [1.165, 1.54) is 11.3 Å². The van der Waals surface area contributed by atoms with Crippen LogP contribution in [-0.2, 0) is 0 Å². The second kappa shape index (κ2) is 5.76. The van der Waals surface area contributed by atoms with E-state index >= 15 is 0 Å². The molecule has 100 valence electrons. The first-order chi connectivity index (χ1) is 9.00. The summed E-state index contributed by atoms with van der Waals surface area (Å²) in [5.41, 5.74) is 4.40. The summed E-state index contributed by atoms with van der Waals surface area (Å²) in [5, 5.41) is 9.60. The van der Waals surface area contributed by atoms with Crippen molar-refractivity contribution in [3.05, 3.63) is 58.1 Å². The summed E-state index contributed by atoms with van der Waals surface area (Å²) in [6, 6.07) is 14.2. The molecule has 0 spiro atoms. The van der Waals surface area contributed by atoms with E-state index in [0.717, 1.165) is 15.7 Å². The maximum Gasteiger partial charge on any atom is 0.0762 e. The predicted molar refractivity (Wildman–Crippen MR) is 84.0 cm³/mol. The van der Waals surface area contributed by atoms with Crippen LogP contribution in [0.2, 0.25) is 0 Å². The van der Waals surface area contributed by atoms with Gasteiger partial charge in [-0.2, -0.15) is 0 Å². The number of benzene rings is 2. The summed E-state index contributed by atoms with van der Waals surface area (Å²) in [7, 11) is 2.05. The fourth-order valence-corrected chi connectivity index (χ4v) is 2.79. The van der Waals surface area contributed by atoms with Crippen molar-refractivity contribution in [2.45, 2.75) is 20.0 Å². The quantitative estimate of drug-likeness (QED) is 0.895. The van der Waals surface area contributed by atoms with Gasteiger partial charge in [0.2, 0.25) is 0 Å². The largest absolute Gasteiger partial charge is 0.389 e. The van der Waals surface area contributed by atoms with Gasteiger partial charge in [0.05, 0.1) is 11.8 Å². The van der Waals surface area contributed by atoms with Crippen molar-refractivity contribution in [3.63, 3.8) is 0 Å². The average Bonchev–Trinajstić information content (AvgIpc) is 2.38. The molecule has 0 aromatic heterocycles. The highest BCUT2D eigenvalue weighted by molar-refractivity contribution is 9.10. The Hall–Kier alpha value is -1.32. The molecule has 1 atom stereocenters.